The van der Waals surface area contributed by atoms with Crippen molar-refractivity contribution in [1.29, 1.82) is 5.26 Å². The number of amides is 1. The van der Waals surface area contributed by atoms with Gasteiger partial charge in [0.1, 0.15) is 17.5 Å². The van der Waals surface area contributed by atoms with Crippen LogP contribution in [0.3, 0.4) is 0 Å². The molecule has 0 unspecified atom stereocenters. The lowest BCUT2D eigenvalue weighted by atomic mass is 10.1. The molecule has 1 aliphatic carbocycles. The van der Waals surface area contributed by atoms with Crippen molar-refractivity contribution in [3.63, 3.8) is 0 Å². The molecular formula is C13H11FN2O. The Labute approximate surface area is 98.6 Å². The van der Waals surface area contributed by atoms with E-state index in [1.165, 1.54) is 18.2 Å². The molecule has 0 atom stereocenters. The summed E-state index contributed by atoms with van der Waals surface area (Å²) < 4.78 is 13.3. The Kier molecular flexibility index (Phi) is 3.20. The van der Waals surface area contributed by atoms with Gasteiger partial charge in [0.2, 0.25) is 0 Å². The first kappa shape index (κ1) is 11.3. The van der Waals surface area contributed by atoms with Crippen molar-refractivity contribution in [1.82, 2.24) is 5.32 Å². The van der Waals surface area contributed by atoms with Gasteiger partial charge in [0.05, 0.1) is 0 Å². The van der Waals surface area contributed by atoms with E-state index < -0.39 is 11.7 Å². The number of halogens is 1. The molecule has 1 N–H and O–H groups in total. The summed E-state index contributed by atoms with van der Waals surface area (Å²) in [5.41, 5.74) is 0.178. The van der Waals surface area contributed by atoms with E-state index in [0.29, 0.717) is 0 Å². The number of nitrogens with zero attached hydrogens (tertiary/aromatic N) is 1. The third-order valence-electron chi connectivity index (χ3n) is 2.48. The molecule has 1 saturated carbocycles. The van der Waals surface area contributed by atoms with Crippen LogP contribution >= 0.6 is 0 Å². The van der Waals surface area contributed by atoms with Crippen LogP contribution in [-0.4, -0.2) is 11.9 Å². The van der Waals surface area contributed by atoms with Gasteiger partial charge in [-0.2, -0.15) is 5.26 Å². The molecule has 1 aromatic carbocycles. The second-order valence-electron chi connectivity index (χ2n) is 3.94. The smallest absolute Gasteiger partial charge is 0.262 e. The maximum atomic E-state index is 13.3. The molecule has 0 heterocycles. The van der Waals surface area contributed by atoms with Crippen molar-refractivity contribution < 1.29 is 9.18 Å². The van der Waals surface area contributed by atoms with E-state index in [9.17, 15) is 9.18 Å². The van der Waals surface area contributed by atoms with E-state index >= 15 is 0 Å². The third kappa shape index (κ3) is 2.91. The quantitative estimate of drug-likeness (QED) is 0.638. The van der Waals surface area contributed by atoms with Crippen LogP contribution in [0.2, 0.25) is 0 Å². The first-order valence-electron chi connectivity index (χ1n) is 5.38. The summed E-state index contributed by atoms with van der Waals surface area (Å²) in [6.07, 6.45) is 3.17. The summed E-state index contributed by atoms with van der Waals surface area (Å²) in [4.78, 5) is 11.6. The highest BCUT2D eigenvalue weighted by Gasteiger charge is 2.24. The molecule has 1 aliphatic rings. The SMILES string of the molecule is N#C/C(=C\c1ccccc1F)C(=O)NC1CC1. The summed E-state index contributed by atoms with van der Waals surface area (Å²) in [6, 6.07) is 8.00. The van der Waals surface area contributed by atoms with Crippen molar-refractivity contribution in [2.24, 2.45) is 0 Å². The van der Waals surface area contributed by atoms with Crippen molar-refractivity contribution in [2.75, 3.05) is 0 Å². The van der Waals surface area contributed by atoms with Gasteiger partial charge in [0.15, 0.2) is 0 Å². The summed E-state index contributed by atoms with van der Waals surface area (Å²) in [5, 5.41) is 11.6. The van der Waals surface area contributed by atoms with E-state index in [1.54, 1.807) is 18.2 Å². The van der Waals surface area contributed by atoms with Crippen LogP contribution in [-0.2, 0) is 4.79 Å². The first-order valence-corrected chi connectivity index (χ1v) is 5.38. The van der Waals surface area contributed by atoms with Crippen LogP contribution < -0.4 is 5.32 Å². The van der Waals surface area contributed by atoms with Crippen LogP contribution in [0, 0.1) is 17.1 Å². The second kappa shape index (κ2) is 4.79. The Morgan fingerprint density at radius 3 is 2.76 bits per heavy atom. The van der Waals surface area contributed by atoms with Crippen LogP contribution in [0.1, 0.15) is 18.4 Å². The highest BCUT2D eigenvalue weighted by molar-refractivity contribution is 6.01. The van der Waals surface area contributed by atoms with Gasteiger partial charge in [-0.3, -0.25) is 4.79 Å². The van der Waals surface area contributed by atoms with Gasteiger partial charge in [-0.25, -0.2) is 4.39 Å². The summed E-state index contributed by atoms with van der Waals surface area (Å²) >= 11 is 0. The summed E-state index contributed by atoms with van der Waals surface area (Å²) in [7, 11) is 0. The number of nitrogens with one attached hydrogen (secondary N) is 1. The number of rotatable bonds is 3. The van der Waals surface area contributed by atoms with E-state index in [0.717, 1.165) is 12.8 Å². The molecule has 17 heavy (non-hydrogen) atoms. The van der Waals surface area contributed by atoms with Crippen LogP contribution in [0.5, 0.6) is 0 Å². The molecule has 0 aromatic heterocycles. The van der Waals surface area contributed by atoms with Gasteiger partial charge in [-0.05, 0) is 25.0 Å². The highest BCUT2D eigenvalue weighted by atomic mass is 19.1. The fraction of sp³-hybridized carbons (Fsp3) is 0.231. The number of hydrogen-bond acceptors (Lipinski definition) is 2. The lowest BCUT2D eigenvalue weighted by Gasteiger charge is -2.01. The topological polar surface area (TPSA) is 52.9 Å². The minimum absolute atomic E-state index is 0.0676. The molecule has 0 saturated heterocycles. The zero-order chi connectivity index (χ0) is 12.3. The normalized spacial score (nSPS) is 15.2. The van der Waals surface area contributed by atoms with Gasteiger partial charge in [-0.1, -0.05) is 18.2 Å². The van der Waals surface area contributed by atoms with Crippen molar-refractivity contribution in [2.45, 2.75) is 18.9 Å². The van der Waals surface area contributed by atoms with E-state index in [1.807, 2.05) is 0 Å². The molecular weight excluding hydrogens is 219 g/mol. The van der Waals surface area contributed by atoms with Crippen LogP contribution in [0.4, 0.5) is 4.39 Å². The summed E-state index contributed by atoms with van der Waals surface area (Å²) in [5.74, 6) is -0.877. The Bertz CT molecular complexity index is 512. The molecule has 4 heteroatoms. The monoisotopic (exact) mass is 230 g/mol. The van der Waals surface area contributed by atoms with Gasteiger partial charge >= 0.3 is 0 Å². The minimum atomic E-state index is -0.445. The second-order valence-corrected chi connectivity index (χ2v) is 3.94. The maximum Gasteiger partial charge on any atom is 0.262 e. The van der Waals surface area contributed by atoms with Crippen molar-refractivity contribution in [3.05, 3.63) is 41.2 Å². The zero-order valence-electron chi connectivity index (χ0n) is 9.11. The molecule has 86 valence electrons. The Morgan fingerprint density at radius 2 is 2.18 bits per heavy atom. The number of benzene rings is 1. The molecule has 1 amide bonds. The largest absolute Gasteiger partial charge is 0.349 e. The van der Waals surface area contributed by atoms with E-state index in [2.05, 4.69) is 5.32 Å². The number of hydrogen-bond donors (Lipinski definition) is 1. The fourth-order valence-corrected chi connectivity index (χ4v) is 1.39. The Balaban J connectivity index is 2.20. The predicted octanol–water partition coefficient (Wildman–Crippen LogP) is 2.01. The zero-order valence-corrected chi connectivity index (χ0v) is 9.11. The third-order valence-corrected chi connectivity index (χ3v) is 2.48. The highest BCUT2D eigenvalue weighted by Crippen LogP contribution is 2.19. The Morgan fingerprint density at radius 1 is 1.47 bits per heavy atom. The average Bonchev–Trinajstić information content (AvgIpc) is 3.11. The molecule has 3 nitrogen and oxygen atoms in total. The molecule has 0 aliphatic heterocycles. The standard InChI is InChI=1S/C13H11FN2O/c14-12-4-2-1-3-9(12)7-10(8-15)13(17)16-11-5-6-11/h1-4,7,11H,5-6H2,(H,16,17)/b10-7+. The van der Waals surface area contributed by atoms with E-state index in [-0.39, 0.29) is 17.2 Å². The van der Waals surface area contributed by atoms with Crippen LogP contribution in [0.15, 0.2) is 29.8 Å². The van der Waals surface area contributed by atoms with Crippen LogP contribution in [0.25, 0.3) is 6.08 Å². The Hall–Kier alpha value is -2.15. The van der Waals surface area contributed by atoms with Crippen molar-refractivity contribution >= 4 is 12.0 Å². The predicted molar refractivity (Wildman–Crippen MR) is 61.2 cm³/mol. The van der Waals surface area contributed by atoms with Gasteiger partial charge in [0, 0.05) is 11.6 Å². The molecule has 1 aromatic rings. The number of carbonyl (C=O) groups is 1. The molecule has 0 bridgehead atoms. The van der Waals surface area contributed by atoms with Gasteiger partial charge in [-0.15, -0.1) is 0 Å². The first-order chi connectivity index (χ1) is 8.20. The fourth-order valence-electron chi connectivity index (χ4n) is 1.39. The maximum absolute atomic E-state index is 13.3. The average molecular weight is 230 g/mol. The van der Waals surface area contributed by atoms with Gasteiger partial charge < -0.3 is 5.32 Å². The number of nitriles is 1. The van der Waals surface area contributed by atoms with Crippen molar-refractivity contribution in [3.8, 4) is 6.07 Å². The van der Waals surface area contributed by atoms with E-state index in [4.69, 9.17) is 5.26 Å². The number of carbonyl (C=O) groups excluding carboxylic acids is 1. The molecule has 0 spiro atoms. The lowest BCUT2D eigenvalue weighted by molar-refractivity contribution is -0.117. The summed E-state index contributed by atoms with van der Waals surface area (Å²) in [6.45, 7) is 0. The molecule has 2 rings (SSSR count). The minimum Gasteiger partial charge on any atom is -0.349 e. The molecule has 1 fully saturated rings. The van der Waals surface area contributed by atoms with Gasteiger partial charge in [0.25, 0.3) is 5.91 Å². The molecule has 0 radical (unpaired) electrons. The lowest BCUT2D eigenvalue weighted by Crippen LogP contribution is -2.26.